The van der Waals surface area contributed by atoms with Crippen LogP contribution in [0, 0.1) is 0 Å². The number of hydrogen-bond acceptors (Lipinski definition) is 6. The molecule has 0 radical (unpaired) electrons. The number of hydrogen-bond donors (Lipinski definition) is 2. The molecule has 1 aromatic carbocycles. The van der Waals surface area contributed by atoms with E-state index < -0.39 is 15.9 Å². The van der Waals surface area contributed by atoms with Crippen LogP contribution in [-0.4, -0.2) is 42.5 Å². The second-order valence-corrected chi connectivity index (χ2v) is 7.97. The number of sulfonamides is 1. The Morgan fingerprint density at radius 3 is 2.57 bits per heavy atom. The van der Waals surface area contributed by atoms with Crippen LogP contribution < -0.4 is 14.8 Å². The van der Waals surface area contributed by atoms with Gasteiger partial charge in [-0.25, -0.2) is 18.1 Å². The maximum absolute atomic E-state index is 12.5. The number of benzene rings is 1. The van der Waals surface area contributed by atoms with Crippen LogP contribution >= 0.6 is 11.6 Å². The monoisotopic (exact) mass is 421 g/mol. The molecule has 28 heavy (non-hydrogen) atoms. The van der Waals surface area contributed by atoms with Gasteiger partial charge in [-0.1, -0.05) is 11.6 Å². The van der Waals surface area contributed by atoms with Crippen molar-refractivity contribution in [1.82, 2.24) is 14.8 Å². The summed E-state index contributed by atoms with van der Waals surface area (Å²) in [7, 11) is -1.93. The van der Waals surface area contributed by atoms with Crippen LogP contribution in [0.2, 0.25) is 5.02 Å². The van der Waals surface area contributed by atoms with Crippen molar-refractivity contribution >= 4 is 38.9 Å². The second kappa shape index (κ2) is 7.87. The second-order valence-electron chi connectivity index (χ2n) is 5.79. The highest BCUT2D eigenvalue weighted by molar-refractivity contribution is 7.92. The molecular weight excluding hydrogens is 406 g/mol. The van der Waals surface area contributed by atoms with E-state index in [0.717, 1.165) is 6.26 Å². The molecule has 0 aliphatic heterocycles. The fourth-order valence-electron chi connectivity index (χ4n) is 2.33. The number of nitrogens with zero attached hydrogens (tertiary/aromatic N) is 3. The smallest absolute Gasteiger partial charge is 0.258 e. The first-order chi connectivity index (χ1) is 13.2. The molecule has 0 saturated carbocycles. The molecule has 9 nitrogen and oxygen atoms in total. The Balaban J connectivity index is 1.77. The van der Waals surface area contributed by atoms with E-state index in [1.165, 1.54) is 35.3 Å². The SMILES string of the molecule is COc1ccc(-n2cc(C(=O)Nc3cc(Cl)cc(NS(C)(=O)=O)c3)cn2)nc1. The van der Waals surface area contributed by atoms with Crippen molar-refractivity contribution in [3.05, 3.63) is 59.5 Å². The van der Waals surface area contributed by atoms with Crippen molar-refractivity contribution < 1.29 is 17.9 Å². The lowest BCUT2D eigenvalue weighted by atomic mass is 10.2. The van der Waals surface area contributed by atoms with Crippen LogP contribution in [0.5, 0.6) is 5.75 Å². The molecule has 11 heteroatoms. The first kappa shape index (κ1) is 19.6. The minimum absolute atomic E-state index is 0.239. The Bertz CT molecular complexity index is 1110. The third-order valence-electron chi connectivity index (χ3n) is 3.49. The van der Waals surface area contributed by atoms with Crippen LogP contribution in [0.3, 0.4) is 0 Å². The molecule has 0 atom stereocenters. The summed E-state index contributed by atoms with van der Waals surface area (Å²) >= 11 is 6.00. The number of methoxy groups -OCH3 is 1. The van der Waals surface area contributed by atoms with E-state index in [4.69, 9.17) is 16.3 Å². The number of carbonyl (C=O) groups excluding carboxylic acids is 1. The predicted octanol–water partition coefficient (Wildman–Crippen LogP) is 2.55. The first-order valence-corrected chi connectivity index (χ1v) is 10.2. The van der Waals surface area contributed by atoms with Gasteiger partial charge < -0.3 is 10.1 Å². The molecule has 1 amide bonds. The maximum Gasteiger partial charge on any atom is 0.258 e. The fourth-order valence-corrected chi connectivity index (χ4v) is 3.11. The zero-order valence-electron chi connectivity index (χ0n) is 14.9. The highest BCUT2D eigenvalue weighted by atomic mass is 35.5. The fraction of sp³-hybridized carbons (Fsp3) is 0.118. The number of ether oxygens (including phenoxy) is 1. The Morgan fingerprint density at radius 2 is 1.93 bits per heavy atom. The van der Waals surface area contributed by atoms with E-state index in [-0.39, 0.29) is 16.3 Å². The van der Waals surface area contributed by atoms with Gasteiger partial charge in [0, 0.05) is 16.9 Å². The van der Waals surface area contributed by atoms with E-state index in [1.807, 2.05) is 0 Å². The van der Waals surface area contributed by atoms with Crippen LogP contribution in [0.4, 0.5) is 11.4 Å². The number of nitrogens with one attached hydrogen (secondary N) is 2. The molecule has 2 aromatic heterocycles. The molecule has 0 unspecified atom stereocenters. The van der Waals surface area contributed by atoms with Gasteiger partial charge in [0.05, 0.1) is 37.0 Å². The number of rotatable bonds is 6. The summed E-state index contributed by atoms with van der Waals surface area (Å²) < 4.78 is 31.6. The molecule has 0 saturated heterocycles. The van der Waals surface area contributed by atoms with Crippen molar-refractivity contribution in [2.45, 2.75) is 0 Å². The summed E-state index contributed by atoms with van der Waals surface area (Å²) in [6.45, 7) is 0. The molecule has 3 aromatic rings. The Hall–Kier alpha value is -3.11. The van der Waals surface area contributed by atoms with Gasteiger partial charge in [-0.3, -0.25) is 9.52 Å². The summed E-state index contributed by atoms with van der Waals surface area (Å²) in [5.74, 6) is 0.683. The number of anilines is 2. The van der Waals surface area contributed by atoms with E-state index >= 15 is 0 Å². The Morgan fingerprint density at radius 1 is 1.18 bits per heavy atom. The van der Waals surface area contributed by atoms with Gasteiger partial charge in [0.1, 0.15) is 5.75 Å². The Kier molecular flexibility index (Phi) is 5.52. The topological polar surface area (TPSA) is 115 Å². The molecule has 2 heterocycles. The summed E-state index contributed by atoms with van der Waals surface area (Å²) in [5, 5.41) is 7.05. The largest absolute Gasteiger partial charge is 0.495 e. The van der Waals surface area contributed by atoms with E-state index in [0.29, 0.717) is 17.3 Å². The first-order valence-electron chi connectivity index (χ1n) is 7.88. The zero-order valence-corrected chi connectivity index (χ0v) is 16.5. The number of halogens is 1. The molecule has 0 aliphatic carbocycles. The number of aromatic nitrogens is 3. The highest BCUT2D eigenvalue weighted by Gasteiger charge is 2.12. The average molecular weight is 422 g/mol. The summed E-state index contributed by atoms with van der Waals surface area (Å²) in [6.07, 6.45) is 5.47. The molecule has 2 N–H and O–H groups in total. The van der Waals surface area contributed by atoms with Crippen LogP contribution in [0.1, 0.15) is 10.4 Å². The molecule has 3 rings (SSSR count). The molecule has 0 spiro atoms. The lowest BCUT2D eigenvalue weighted by Gasteiger charge is -2.09. The highest BCUT2D eigenvalue weighted by Crippen LogP contribution is 2.24. The lowest BCUT2D eigenvalue weighted by molar-refractivity contribution is 0.102. The quantitative estimate of drug-likeness (QED) is 0.632. The molecular formula is C17H16ClN5O4S. The van der Waals surface area contributed by atoms with Gasteiger partial charge >= 0.3 is 0 Å². The lowest BCUT2D eigenvalue weighted by Crippen LogP contribution is -2.13. The van der Waals surface area contributed by atoms with Crippen LogP contribution in [0.25, 0.3) is 5.82 Å². The zero-order chi connectivity index (χ0) is 20.3. The minimum Gasteiger partial charge on any atom is -0.495 e. The van der Waals surface area contributed by atoms with Crippen LogP contribution in [0.15, 0.2) is 48.9 Å². The van der Waals surface area contributed by atoms with Gasteiger partial charge in [-0.2, -0.15) is 5.10 Å². The van der Waals surface area contributed by atoms with E-state index in [1.54, 1.807) is 25.4 Å². The minimum atomic E-state index is -3.47. The van der Waals surface area contributed by atoms with Gasteiger partial charge in [-0.05, 0) is 30.3 Å². The maximum atomic E-state index is 12.5. The Labute approximate surface area is 166 Å². The average Bonchev–Trinajstić information content (AvgIpc) is 3.10. The number of amides is 1. The molecule has 0 aliphatic rings. The summed E-state index contributed by atoms with van der Waals surface area (Å²) in [6, 6.07) is 7.83. The van der Waals surface area contributed by atoms with Crippen molar-refractivity contribution in [2.24, 2.45) is 0 Å². The molecule has 146 valence electrons. The van der Waals surface area contributed by atoms with Gasteiger partial charge in [0.15, 0.2) is 5.82 Å². The third-order valence-corrected chi connectivity index (χ3v) is 4.32. The van der Waals surface area contributed by atoms with Crippen LogP contribution in [-0.2, 0) is 10.0 Å². The predicted molar refractivity (Wildman–Crippen MR) is 106 cm³/mol. The number of pyridine rings is 1. The molecule has 0 fully saturated rings. The van der Waals surface area contributed by atoms with Gasteiger partial charge in [0.2, 0.25) is 10.0 Å². The summed E-state index contributed by atoms with van der Waals surface area (Å²) in [4.78, 5) is 16.7. The van der Waals surface area contributed by atoms with Crippen molar-refractivity contribution in [2.75, 3.05) is 23.4 Å². The standard InChI is InChI=1S/C17H16ClN5O4S/c1-27-15-3-4-16(19-9-15)23-10-11(8-20-23)17(24)21-13-5-12(18)6-14(7-13)22-28(2,25)26/h3-10,22H,1-2H3,(H,21,24). The van der Waals surface area contributed by atoms with Gasteiger partial charge in [0.25, 0.3) is 5.91 Å². The van der Waals surface area contributed by atoms with Crippen molar-refractivity contribution in [1.29, 1.82) is 0 Å². The van der Waals surface area contributed by atoms with Crippen molar-refractivity contribution in [3.8, 4) is 11.6 Å². The van der Waals surface area contributed by atoms with E-state index in [2.05, 4.69) is 20.1 Å². The summed E-state index contributed by atoms with van der Waals surface area (Å²) in [5.41, 5.74) is 0.859. The third kappa shape index (κ3) is 4.99. The number of carbonyl (C=O) groups is 1. The van der Waals surface area contributed by atoms with Gasteiger partial charge in [-0.15, -0.1) is 0 Å². The molecule has 0 bridgehead atoms. The van der Waals surface area contributed by atoms with Crippen molar-refractivity contribution in [3.63, 3.8) is 0 Å². The van der Waals surface area contributed by atoms with E-state index in [9.17, 15) is 13.2 Å². The normalized spacial score (nSPS) is 11.1.